The lowest BCUT2D eigenvalue weighted by Crippen LogP contribution is -2.04. The normalized spacial score (nSPS) is 10.4. The minimum atomic E-state index is -1.13. The number of halogens is 4. The topological polar surface area (TPSA) is 118 Å². The summed E-state index contributed by atoms with van der Waals surface area (Å²) >= 11 is 12.1. The third kappa shape index (κ3) is 8.95. The number of esters is 1. The predicted octanol–water partition coefficient (Wildman–Crippen LogP) is 8.73. The molecule has 10 nitrogen and oxygen atoms in total. The standard InChI is InChI=1S/C19H16ClFN2O3.C18H14ClFN2O3.CH3/c1-25-16-7-6-13(9-23-10-15(22-11-23)19(24)26-2)18(21)17(16)12-4-3-5-14(20)8-12;1-25-15-6-5-12(8-22-9-14(18(23)24)21-10-22)17(20)16(15)11-3-2-4-13(19)7-11;/h3-8,10-11H,9H2,1-2H3;2-7,9-10H,8H2,1H3,(H,23,24);1H3/q;;-1. The summed E-state index contributed by atoms with van der Waals surface area (Å²) in [6, 6.07) is 20.4. The lowest BCUT2D eigenvalue weighted by molar-refractivity contribution is 0.0593. The molecule has 0 bridgehead atoms. The van der Waals surface area contributed by atoms with Crippen molar-refractivity contribution in [3.63, 3.8) is 0 Å². The van der Waals surface area contributed by atoms with Crippen LogP contribution in [0.2, 0.25) is 10.0 Å². The fourth-order valence-corrected chi connectivity index (χ4v) is 5.60. The molecule has 0 spiro atoms. The Morgan fingerprint density at radius 3 is 1.54 bits per heavy atom. The molecule has 0 saturated carbocycles. The monoisotopic (exact) mass is 749 g/mol. The fraction of sp³-hybridized carbons (Fsp3) is 0.132. The van der Waals surface area contributed by atoms with Crippen LogP contribution in [-0.4, -0.2) is 57.5 Å². The lowest BCUT2D eigenvalue weighted by atomic mass is 10.0. The molecule has 6 rings (SSSR count). The molecule has 0 aliphatic carbocycles. The summed E-state index contributed by atoms with van der Waals surface area (Å²) in [7, 11) is 4.24. The maximum Gasteiger partial charge on any atom is 0.358 e. The third-order valence-corrected chi connectivity index (χ3v) is 8.09. The smallest absolute Gasteiger partial charge is 0.358 e. The van der Waals surface area contributed by atoms with Crippen LogP contribution in [0, 0.1) is 19.1 Å². The Hall–Kier alpha value is -5.72. The van der Waals surface area contributed by atoms with Gasteiger partial charge in [0.1, 0.15) is 23.1 Å². The van der Waals surface area contributed by atoms with Crippen molar-refractivity contribution in [3.05, 3.63) is 149 Å². The first-order chi connectivity index (χ1) is 24.5. The van der Waals surface area contributed by atoms with Crippen LogP contribution in [0.25, 0.3) is 22.3 Å². The Labute approximate surface area is 308 Å². The van der Waals surface area contributed by atoms with Crippen LogP contribution in [0.15, 0.2) is 97.8 Å². The molecule has 0 radical (unpaired) electrons. The van der Waals surface area contributed by atoms with Gasteiger partial charge in [0.05, 0.1) is 58.2 Å². The average molecular weight is 751 g/mol. The van der Waals surface area contributed by atoms with Gasteiger partial charge in [-0.15, -0.1) is 0 Å². The van der Waals surface area contributed by atoms with Gasteiger partial charge in [-0.3, -0.25) is 0 Å². The van der Waals surface area contributed by atoms with Crippen LogP contribution in [-0.2, 0) is 17.8 Å². The van der Waals surface area contributed by atoms with Crippen LogP contribution in [0.5, 0.6) is 11.5 Å². The van der Waals surface area contributed by atoms with E-state index in [4.69, 9.17) is 37.8 Å². The average Bonchev–Trinajstić information content (AvgIpc) is 3.80. The summed E-state index contributed by atoms with van der Waals surface area (Å²) in [6.07, 6.45) is 5.67. The van der Waals surface area contributed by atoms with Crippen LogP contribution >= 0.6 is 23.2 Å². The first-order valence-electron chi connectivity index (χ1n) is 15.1. The Kier molecular flexibility index (Phi) is 13.1. The van der Waals surface area contributed by atoms with Crippen molar-refractivity contribution in [2.24, 2.45) is 0 Å². The molecule has 2 aromatic heterocycles. The molecule has 1 N–H and O–H groups in total. The highest BCUT2D eigenvalue weighted by Crippen LogP contribution is 2.37. The second-order valence-corrected chi connectivity index (χ2v) is 11.8. The number of carboxylic acids is 1. The van der Waals surface area contributed by atoms with Crippen LogP contribution in [0.1, 0.15) is 32.1 Å². The first kappa shape index (κ1) is 39.1. The molecule has 0 fully saturated rings. The molecule has 0 aliphatic rings. The minimum absolute atomic E-state index is 0. The van der Waals surface area contributed by atoms with Gasteiger partial charge >= 0.3 is 11.9 Å². The molecule has 2 heterocycles. The van der Waals surface area contributed by atoms with Crippen molar-refractivity contribution in [3.8, 4) is 33.8 Å². The maximum atomic E-state index is 15.2. The van der Waals surface area contributed by atoms with Gasteiger partial charge in [0.15, 0.2) is 11.4 Å². The van der Waals surface area contributed by atoms with Crippen molar-refractivity contribution < 1.29 is 37.7 Å². The lowest BCUT2D eigenvalue weighted by Gasteiger charge is -2.14. The summed E-state index contributed by atoms with van der Waals surface area (Å²) in [5.41, 5.74) is 2.73. The SMILES string of the molecule is COC(=O)c1cn(Cc2ccc(OC)c(-c3cccc(Cl)c3)c2F)cn1.COc1ccc(Cn2cnc(C(=O)O)c2)c(F)c1-c1cccc(Cl)c1.[CH3-]. The summed E-state index contributed by atoms with van der Waals surface area (Å²) in [4.78, 5) is 30.1. The predicted molar refractivity (Wildman–Crippen MR) is 194 cm³/mol. The third-order valence-electron chi connectivity index (χ3n) is 7.62. The number of benzene rings is 4. The van der Waals surface area contributed by atoms with Gasteiger partial charge in [-0.25, -0.2) is 28.3 Å². The first-order valence-corrected chi connectivity index (χ1v) is 15.9. The van der Waals surface area contributed by atoms with Gasteiger partial charge in [0.2, 0.25) is 0 Å². The largest absolute Gasteiger partial charge is 0.496 e. The number of aromatic nitrogens is 4. The summed E-state index contributed by atoms with van der Waals surface area (Å²) in [5, 5.41) is 9.92. The summed E-state index contributed by atoms with van der Waals surface area (Å²) in [6.45, 7) is 0.344. The van der Waals surface area contributed by atoms with Crippen molar-refractivity contribution in [2.75, 3.05) is 21.3 Å². The number of hydrogen-bond acceptors (Lipinski definition) is 7. The Balaban J connectivity index is 0.000000228. The number of methoxy groups -OCH3 is 3. The van der Waals surface area contributed by atoms with Crippen molar-refractivity contribution >= 4 is 35.1 Å². The molecule has 6 aromatic rings. The second kappa shape index (κ2) is 17.5. The van der Waals surface area contributed by atoms with E-state index in [1.807, 2.05) is 0 Å². The molecule has 0 saturated heterocycles. The van der Waals surface area contributed by atoms with E-state index >= 15 is 8.78 Å². The molecule has 4 aromatic carbocycles. The van der Waals surface area contributed by atoms with Crippen LogP contribution < -0.4 is 9.47 Å². The highest BCUT2D eigenvalue weighted by atomic mass is 35.5. The van der Waals surface area contributed by atoms with Gasteiger partial charge in [-0.2, -0.15) is 0 Å². The Bertz CT molecular complexity index is 2200. The zero-order chi connectivity index (χ0) is 36.7. The second-order valence-electron chi connectivity index (χ2n) is 10.9. The van der Waals surface area contributed by atoms with Crippen LogP contribution in [0.4, 0.5) is 8.78 Å². The molecule has 270 valence electrons. The van der Waals surface area contributed by atoms with E-state index in [9.17, 15) is 9.59 Å². The van der Waals surface area contributed by atoms with Crippen molar-refractivity contribution in [1.82, 2.24) is 19.1 Å². The van der Waals surface area contributed by atoms with Crippen molar-refractivity contribution in [1.29, 1.82) is 0 Å². The maximum absolute atomic E-state index is 15.2. The number of aromatic carboxylic acids is 1. The molecular formula is C38H33Cl2F2N4O6-. The van der Waals surface area contributed by atoms with E-state index in [-0.39, 0.29) is 31.9 Å². The molecule has 14 heteroatoms. The molecule has 0 amide bonds. The molecule has 52 heavy (non-hydrogen) atoms. The van der Waals surface area contributed by atoms with Crippen LogP contribution in [0.3, 0.4) is 0 Å². The quantitative estimate of drug-likeness (QED) is 0.109. The Morgan fingerprint density at radius 1 is 0.712 bits per heavy atom. The van der Waals surface area contributed by atoms with E-state index in [0.29, 0.717) is 54.9 Å². The summed E-state index contributed by atoms with van der Waals surface area (Å²) < 4.78 is 48.7. The number of rotatable bonds is 10. The van der Waals surface area contributed by atoms with E-state index in [0.717, 1.165) is 0 Å². The van der Waals surface area contributed by atoms with Crippen molar-refractivity contribution in [2.45, 2.75) is 13.1 Å². The zero-order valence-electron chi connectivity index (χ0n) is 28.4. The van der Waals surface area contributed by atoms with Gasteiger partial charge in [0.25, 0.3) is 0 Å². The van der Waals surface area contributed by atoms with E-state index in [2.05, 4.69) is 14.7 Å². The van der Waals surface area contributed by atoms with Gasteiger partial charge < -0.3 is 35.9 Å². The molecule has 0 aliphatic heterocycles. The van der Waals surface area contributed by atoms with Gasteiger partial charge in [-0.1, -0.05) is 59.6 Å². The zero-order valence-corrected chi connectivity index (χ0v) is 30.0. The summed E-state index contributed by atoms with van der Waals surface area (Å²) in [5.74, 6) is -1.74. The number of imidazole rings is 2. The number of hydrogen-bond donors (Lipinski definition) is 1. The van der Waals surface area contributed by atoms with E-state index < -0.39 is 23.6 Å². The number of nitrogens with zero attached hydrogens (tertiary/aromatic N) is 4. The van der Waals surface area contributed by atoms with Gasteiger partial charge in [-0.05, 0) is 47.5 Å². The fourth-order valence-electron chi connectivity index (χ4n) is 5.22. The molecule has 0 atom stereocenters. The van der Waals surface area contributed by atoms with E-state index in [1.165, 1.54) is 50.9 Å². The highest BCUT2D eigenvalue weighted by molar-refractivity contribution is 6.31. The number of ether oxygens (including phenoxy) is 3. The minimum Gasteiger partial charge on any atom is -0.496 e. The number of carbonyl (C=O) groups excluding carboxylic acids is 1. The molecule has 0 unspecified atom stereocenters. The van der Waals surface area contributed by atoms with E-state index in [1.54, 1.807) is 77.4 Å². The Morgan fingerprint density at radius 2 is 1.15 bits per heavy atom. The number of carbonyl (C=O) groups is 2. The highest BCUT2D eigenvalue weighted by Gasteiger charge is 2.19. The van der Waals surface area contributed by atoms with Gasteiger partial charge in [0, 0.05) is 33.6 Å². The number of carboxylic acid groups (broad SMARTS) is 1. The molecular weight excluding hydrogens is 717 g/mol.